The van der Waals surface area contributed by atoms with E-state index in [0.29, 0.717) is 12.0 Å². The molecule has 1 fully saturated rings. The van der Waals surface area contributed by atoms with Crippen LogP contribution in [-0.4, -0.2) is 32.7 Å². The van der Waals surface area contributed by atoms with Gasteiger partial charge in [-0.1, -0.05) is 13.8 Å². The molecule has 88 valence electrons. The largest absolute Gasteiger partial charge is 0.349 e. The summed E-state index contributed by atoms with van der Waals surface area (Å²) in [5.74, 6) is 3.08. The quantitative estimate of drug-likeness (QED) is 0.868. The summed E-state index contributed by atoms with van der Waals surface area (Å²) >= 11 is 1.98. The number of anilines is 1. The van der Waals surface area contributed by atoms with Crippen molar-refractivity contribution in [2.75, 3.05) is 16.8 Å². The van der Waals surface area contributed by atoms with Crippen molar-refractivity contribution in [2.24, 2.45) is 0 Å². The lowest BCUT2D eigenvalue weighted by molar-refractivity contribution is 0.764. The lowest BCUT2D eigenvalue weighted by atomic mass is 10.2. The first-order valence-corrected chi connectivity index (χ1v) is 7.05. The highest BCUT2D eigenvalue weighted by Crippen LogP contribution is 2.19. The van der Waals surface area contributed by atoms with E-state index < -0.39 is 0 Å². The van der Waals surface area contributed by atoms with Crippen LogP contribution in [0.25, 0.3) is 0 Å². The van der Waals surface area contributed by atoms with Gasteiger partial charge < -0.3 is 5.32 Å². The lowest BCUT2D eigenvalue weighted by Gasteiger charge is -2.12. The summed E-state index contributed by atoms with van der Waals surface area (Å²) < 4.78 is 0. The molecule has 2 heterocycles. The molecule has 2 rings (SSSR count). The number of hydrogen-bond donors (Lipinski definition) is 1. The van der Waals surface area contributed by atoms with Crippen molar-refractivity contribution in [1.82, 2.24) is 15.2 Å². The number of hydrogen-bond acceptors (Lipinski definition) is 5. The fourth-order valence-electron chi connectivity index (χ4n) is 1.83. The van der Waals surface area contributed by atoms with Crippen LogP contribution in [0.2, 0.25) is 0 Å². The van der Waals surface area contributed by atoms with Gasteiger partial charge in [0, 0.05) is 11.8 Å². The topological polar surface area (TPSA) is 50.7 Å². The number of thioether (sulfide) groups is 1. The Morgan fingerprint density at radius 3 is 2.69 bits per heavy atom. The van der Waals surface area contributed by atoms with E-state index >= 15 is 0 Å². The minimum absolute atomic E-state index is 0.518. The van der Waals surface area contributed by atoms with Crippen LogP contribution in [0, 0.1) is 0 Å². The molecule has 5 heteroatoms. The first kappa shape index (κ1) is 11.6. The minimum Gasteiger partial charge on any atom is -0.349 e. The van der Waals surface area contributed by atoms with Crippen LogP contribution in [-0.2, 0) is 12.8 Å². The summed E-state index contributed by atoms with van der Waals surface area (Å²) in [4.78, 5) is 4.53. The van der Waals surface area contributed by atoms with Crippen molar-refractivity contribution in [3.8, 4) is 0 Å². The minimum atomic E-state index is 0.518. The van der Waals surface area contributed by atoms with Crippen LogP contribution in [0.15, 0.2) is 0 Å². The van der Waals surface area contributed by atoms with Crippen LogP contribution < -0.4 is 5.32 Å². The molecular formula is C11H18N4S. The van der Waals surface area contributed by atoms with Crippen molar-refractivity contribution in [1.29, 1.82) is 0 Å². The first-order chi connectivity index (χ1) is 7.83. The van der Waals surface area contributed by atoms with Crippen molar-refractivity contribution in [2.45, 2.75) is 39.2 Å². The Labute approximate surface area is 101 Å². The van der Waals surface area contributed by atoms with Crippen molar-refractivity contribution >= 4 is 17.7 Å². The Morgan fingerprint density at radius 2 is 2.06 bits per heavy atom. The van der Waals surface area contributed by atoms with E-state index in [1.807, 2.05) is 11.8 Å². The number of aryl methyl sites for hydroxylation is 2. The van der Waals surface area contributed by atoms with Gasteiger partial charge >= 0.3 is 0 Å². The molecule has 1 aliphatic rings. The second kappa shape index (κ2) is 5.48. The second-order valence-corrected chi connectivity index (χ2v) is 5.09. The molecule has 1 aliphatic heterocycles. The predicted molar refractivity (Wildman–Crippen MR) is 67.9 cm³/mol. The van der Waals surface area contributed by atoms with E-state index in [1.54, 1.807) is 0 Å². The lowest BCUT2D eigenvalue weighted by Crippen LogP contribution is -2.21. The van der Waals surface area contributed by atoms with E-state index in [1.165, 1.54) is 12.2 Å². The van der Waals surface area contributed by atoms with E-state index in [4.69, 9.17) is 0 Å². The molecule has 4 nitrogen and oxygen atoms in total. The maximum atomic E-state index is 4.53. The second-order valence-electron chi connectivity index (χ2n) is 3.94. The summed E-state index contributed by atoms with van der Waals surface area (Å²) in [5.41, 5.74) is 2.10. The molecule has 1 aromatic rings. The summed E-state index contributed by atoms with van der Waals surface area (Å²) in [5, 5.41) is 11.7. The van der Waals surface area contributed by atoms with Crippen LogP contribution in [0.4, 0.5) is 5.95 Å². The highest BCUT2D eigenvalue weighted by atomic mass is 32.2. The van der Waals surface area contributed by atoms with Gasteiger partial charge in [-0.3, -0.25) is 0 Å². The molecule has 1 unspecified atom stereocenters. The average molecular weight is 238 g/mol. The fraction of sp³-hybridized carbons (Fsp3) is 0.727. The van der Waals surface area contributed by atoms with Gasteiger partial charge in [0.05, 0.1) is 11.4 Å². The van der Waals surface area contributed by atoms with Gasteiger partial charge in [0.15, 0.2) is 0 Å². The van der Waals surface area contributed by atoms with Crippen LogP contribution in [0.1, 0.15) is 31.7 Å². The van der Waals surface area contributed by atoms with Crippen LogP contribution in [0.3, 0.4) is 0 Å². The van der Waals surface area contributed by atoms with Crippen molar-refractivity contribution < 1.29 is 0 Å². The van der Waals surface area contributed by atoms with Gasteiger partial charge in [-0.2, -0.15) is 16.9 Å². The van der Waals surface area contributed by atoms with Crippen LogP contribution >= 0.6 is 11.8 Å². The van der Waals surface area contributed by atoms with Gasteiger partial charge in [0.2, 0.25) is 5.95 Å². The first-order valence-electron chi connectivity index (χ1n) is 5.90. The molecule has 0 radical (unpaired) electrons. The Balaban J connectivity index is 2.09. The number of nitrogens with one attached hydrogen (secondary N) is 1. The van der Waals surface area contributed by atoms with Gasteiger partial charge in [-0.05, 0) is 25.0 Å². The summed E-state index contributed by atoms with van der Waals surface area (Å²) in [6, 6.07) is 0.518. The van der Waals surface area contributed by atoms with E-state index in [0.717, 1.165) is 30.0 Å². The molecule has 1 atom stereocenters. The van der Waals surface area contributed by atoms with Crippen LogP contribution in [0.5, 0.6) is 0 Å². The monoisotopic (exact) mass is 238 g/mol. The van der Waals surface area contributed by atoms with Gasteiger partial charge in [0.25, 0.3) is 0 Å². The Hall–Kier alpha value is -0.840. The Morgan fingerprint density at radius 1 is 1.25 bits per heavy atom. The SMILES string of the molecule is CCc1nnc(NC2CCSC2)nc1CC. The zero-order valence-corrected chi connectivity index (χ0v) is 10.7. The maximum absolute atomic E-state index is 4.53. The molecule has 0 saturated carbocycles. The molecule has 16 heavy (non-hydrogen) atoms. The van der Waals surface area contributed by atoms with E-state index in [9.17, 15) is 0 Å². The Bertz CT molecular complexity index is 350. The smallest absolute Gasteiger partial charge is 0.243 e. The maximum Gasteiger partial charge on any atom is 0.243 e. The zero-order valence-electron chi connectivity index (χ0n) is 9.86. The molecule has 1 aromatic heterocycles. The van der Waals surface area contributed by atoms with Gasteiger partial charge in [-0.15, -0.1) is 5.10 Å². The number of rotatable bonds is 4. The Kier molecular flexibility index (Phi) is 3.98. The molecule has 1 saturated heterocycles. The molecule has 0 bridgehead atoms. The van der Waals surface area contributed by atoms with E-state index in [2.05, 4.69) is 34.3 Å². The normalized spacial score (nSPS) is 20.0. The zero-order chi connectivity index (χ0) is 11.4. The fourth-order valence-corrected chi connectivity index (χ4v) is 2.98. The predicted octanol–water partition coefficient (Wildman–Crippen LogP) is 1.91. The molecule has 0 amide bonds. The molecule has 0 aliphatic carbocycles. The third-order valence-electron chi connectivity index (χ3n) is 2.77. The summed E-state index contributed by atoms with van der Waals surface area (Å²) in [6.45, 7) is 4.20. The molecule has 0 aromatic carbocycles. The third kappa shape index (κ3) is 2.64. The summed E-state index contributed by atoms with van der Waals surface area (Å²) in [6.07, 6.45) is 3.03. The molecular weight excluding hydrogens is 220 g/mol. The third-order valence-corrected chi connectivity index (χ3v) is 3.93. The standard InChI is InChI=1S/C11H18N4S/c1-3-9-10(4-2)14-15-11(13-9)12-8-5-6-16-7-8/h8H,3-7H2,1-2H3,(H,12,13,15). The molecule has 0 spiro atoms. The highest BCUT2D eigenvalue weighted by molar-refractivity contribution is 7.99. The number of nitrogens with zero attached hydrogens (tertiary/aromatic N) is 3. The van der Waals surface area contributed by atoms with Crippen molar-refractivity contribution in [3.05, 3.63) is 11.4 Å². The van der Waals surface area contributed by atoms with Gasteiger partial charge in [0.1, 0.15) is 0 Å². The molecule has 1 N–H and O–H groups in total. The summed E-state index contributed by atoms with van der Waals surface area (Å²) in [7, 11) is 0. The van der Waals surface area contributed by atoms with Crippen molar-refractivity contribution in [3.63, 3.8) is 0 Å². The van der Waals surface area contributed by atoms with Gasteiger partial charge in [-0.25, -0.2) is 4.98 Å². The highest BCUT2D eigenvalue weighted by Gasteiger charge is 2.16. The number of aromatic nitrogens is 3. The average Bonchev–Trinajstić information content (AvgIpc) is 2.81. The van der Waals surface area contributed by atoms with E-state index in [-0.39, 0.29) is 0 Å².